The normalized spacial score (nSPS) is 12.8. The number of hydrogen-bond acceptors (Lipinski definition) is 4. The van der Waals surface area contributed by atoms with Crippen LogP contribution in [0, 0.1) is 6.92 Å². The highest BCUT2D eigenvalue weighted by atomic mass is 35.5. The number of hydrogen-bond donors (Lipinski definition) is 2. The molecule has 7 heteroatoms. The van der Waals surface area contributed by atoms with Gasteiger partial charge < -0.3 is 20.5 Å². The standard InChI is InChI=1S/C19H17ClN2O4/c1-11-13(19(21)24)3-2-4-15(11)22-17(23)6-5-12-9-14(20)18-16(10-12)25-7-8-26-18/h2-6,9-10H,7-8H2,1H3,(H2,21,24)(H,22,23)/b6-5+. The summed E-state index contributed by atoms with van der Waals surface area (Å²) in [6.07, 6.45) is 2.99. The first-order valence-corrected chi connectivity index (χ1v) is 8.31. The smallest absolute Gasteiger partial charge is 0.249 e. The van der Waals surface area contributed by atoms with Gasteiger partial charge in [-0.25, -0.2) is 0 Å². The number of carbonyl (C=O) groups excluding carboxylic acids is 2. The summed E-state index contributed by atoms with van der Waals surface area (Å²) in [4.78, 5) is 23.6. The third kappa shape index (κ3) is 3.81. The molecular weight excluding hydrogens is 356 g/mol. The summed E-state index contributed by atoms with van der Waals surface area (Å²) in [5, 5.41) is 3.15. The largest absolute Gasteiger partial charge is 0.486 e. The van der Waals surface area contributed by atoms with E-state index in [2.05, 4.69) is 5.32 Å². The summed E-state index contributed by atoms with van der Waals surface area (Å²) in [5.74, 6) is 0.174. The average Bonchev–Trinajstić information content (AvgIpc) is 2.61. The fourth-order valence-electron chi connectivity index (χ4n) is 2.61. The Balaban J connectivity index is 1.76. The van der Waals surface area contributed by atoms with E-state index in [-0.39, 0.29) is 5.91 Å². The van der Waals surface area contributed by atoms with Gasteiger partial charge in [0.05, 0.1) is 5.02 Å². The van der Waals surface area contributed by atoms with Gasteiger partial charge in [0.1, 0.15) is 13.2 Å². The molecule has 3 N–H and O–H groups in total. The van der Waals surface area contributed by atoms with Crippen molar-refractivity contribution >= 4 is 35.2 Å². The van der Waals surface area contributed by atoms with Crippen molar-refractivity contribution in [2.24, 2.45) is 5.73 Å². The van der Waals surface area contributed by atoms with Crippen LogP contribution in [-0.4, -0.2) is 25.0 Å². The highest BCUT2D eigenvalue weighted by Crippen LogP contribution is 2.38. The maximum Gasteiger partial charge on any atom is 0.249 e. The van der Waals surface area contributed by atoms with Crippen LogP contribution in [0.15, 0.2) is 36.4 Å². The monoisotopic (exact) mass is 372 g/mol. The Morgan fingerprint density at radius 3 is 2.77 bits per heavy atom. The molecule has 6 nitrogen and oxygen atoms in total. The van der Waals surface area contributed by atoms with Gasteiger partial charge in [0.15, 0.2) is 11.5 Å². The van der Waals surface area contributed by atoms with Crippen LogP contribution >= 0.6 is 11.6 Å². The van der Waals surface area contributed by atoms with Gasteiger partial charge in [-0.3, -0.25) is 9.59 Å². The molecule has 0 fully saturated rings. The van der Waals surface area contributed by atoms with Gasteiger partial charge in [0, 0.05) is 17.3 Å². The first-order chi connectivity index (χ1) is 12.5. The molecule has 3 rings (SSSR count). The second-order valence-corrected chi connectivity index (χ2v) is 6.10. The minimum Gasteiger partial charge on any atom is -0.486 e. The van der Waals surface area contributed by atoms with Crippen molar-refractivity contribution in [1.29, 1.82) is 0 Å². The molecule has 0 aromatic heterocycles. The highest BCUT2D eigenvalue weighted by Gasteiger charge is 2.16. The van der Waals surface area contributed by atoms with Crippen LogP contribution in [0.3, 0.4) is 0 Å². The Kier molecular flexibility index (Phi) is 5.14. The predicted octanol–water partition coefficient (Wildman–Crippen LogP) is 3.17. The van der Waals surface area contributed by atoms with Crippen molar-refractivity contribution in [1.82, 2.24) is 0 Å². The molecule has 2 amide bonds. The number of halogens is 1. The SMILES string of the molecule is Cc1c(NC(=O)/C=C/c2cc(Cl)c3c(c2)OCCO3)cccc1C(N)=O. The number of ether oxygens (including phenoxy) is 2. The quantitative estimate of drug-likeness (QED) is 0.806. The first kappa shape index (κ1) is 17.8. The minimum atomic E-state index is -0.542. The van der Waals surface area contributed by atoms with Crippen LogP contribution in [0.25, 0.3) is 6.08 Å². The van der Waals surface area contributed by atoms with Crippen molar-refractivity contribution in [3.63, 3.8) is 0 Å². The fourth-order valence-corrected chi connectivity index (χ4v) is 2.89. The number of carbonyl (C=O) groups is 2. The second kappa shape index (κ2) is 7.49. The van der Waals surface area contributed by atoms with Crippen LogP contribution in [-0.2, 0) is 4.79 Å². The summed E-state index contributed by atoms with van der Waals surface area (Å²) >= 11 is 6.18. The van der Waals surface area contributed by atoms with E-state index in [0.29, 0.717) is 52.1 Å². The predicted molar refractivity (Wildman–Crippen MR) is 99.8 cm³/mol. The fraction of sp³-hybridized carbons (Fsp3) is 0.158. The molecule has 1 heterocycles. The van der Waals surface area contributed by atoms with Gasteiger partial charge >= 0.3 is 0 Å². The molecule has 0 unspecified atom stereocenters. The maximum atomic E-state index is 12.2. The van der Waals surface area contributed by atoms with E-state index in [1.165, 1.54) is 6.08 Å². The molecule has 2 aromatic rings. The number of benzene rings is 2. The zero-order valence-corrected chi connectivity index (χ0v) is 14.8. The average molecular weight is 373 g/mol. The summed E-state index contributed by atoms with van der Waals surface area (Å²) in [7, 11) is 0. The lowest BCUT2D eigenvalue weighted by atomic mass is 10.1. The Morgan fingerprint density at radius 1 is 1.23 bits per heavy atom. The Labute approximate surface area is 155 Å². The molecular formula is C19H17ClN2O4. The molecule has 0 aliphatic carbocycles. The van der Waals surface area contributed by atoms with Crippen molar-refractivity contribution in [2.75, 3.05) is 18.5 Å². The zero-order valence-electron chi connectivity index (χ0n) is 14.0. The van der Waals surface area contributed by atoms with E-state index < -0.39 is 5.91 Å². The van der Waals surface area contributed by atoms with Crippen molar-refractivity contribution in [3.8, 4) is 11.5 Å². The summed E-state index contributed by atoms with van der Waals surface area (Å²) in [6.45, 7) is 2.63. The van der Waals surface area contributed by atoms with E-state index >= 15 is 0 Å². The molecule has 1 aliphatic rings. The highest BCUT2D eigenvalue weighted by molar-refractivity contribution is 6.32. The molecule has 26 heavy (non-hydrogen) atoms. The van der Waals surface area contributed by atoms with Crippen molar-refractivity contribution in [2.45, 2.75) is 6.92 Å². The van der Waals surface area contributed by atoms with E-state index in [9.17, 15) is 9.59 Å². The third-order valence-corrected chi connectivity index (χ3v) is 4.18. The number of amides is 2. The molecule has 0 saturated carbocycles. The first-order valence-electron chi connectivity index (χ1n) is 7.93. The topological polar surface area (TPSA) is 90.7 Å². The molecule has 134 valence electrons. The van der Waals surface area contributed by atoms with Gasteiger partial charge in [-0.1, -0.05) is 17.7 Å². The van der Waals surface area contributed by atoms with Crippen LogP contribution in [0.5, 0.6) is 11.5 Å². The van der Waals surface area contributed by atoms with Crippen LogP contribution in [0.2, 0.25) is 5.02 Å². The van der Waals surface area contributed by atoms with Crippen LogP contribution in [0.1, 0.15) is 21.5 Å². The number of anilines is 1. The molecule has 0 spiro atoms. The summed E-state index contributed by atoms with van der Waals surface area (Å²) < 4.78 is 11.0. The number of nitrogens with two attached hydrogens (primary N) is 1. The Bertz CT molecular complexity index is 909. The lowest BCUT2D eigenvalue weighted by Gasteiger charge is -2.19. The van der Waals surface area contributed by atoms with E-state index in [1.54, 1.807) is 43.3 Å². The maximum absolute atomic E-state index is 12.2. The third-order valence-electron chi connectivity index (χ3n) is 3.90. The van der Waals surface area contributed by atoms with Gasteiger partial charge in [0.25, 0.3) is 0 Å². The molecule has 0 bridgehead atoms. The molecule has 0 atom stereocenters. The minimum absolute atomic E-state index is 0.347. The van der Waals surface area contributed by atoms with Gasteiger partial charge in [-0.2, -0.15) is 0 Å². The van der Waals surface area contributed by atoms with Gasteiger partial charge in [-0.05, 0) is 48.4 Å². The molecule has 1 aliphatic heterocycles. The van der Waals surface area contributed by atoms with E-state index in [4.69, 9.17) is 26.8 Å². The van der Waals surface area contributed by atoms with Gasteiger partial charge in [-0.15, -0.1) is 0 Å². The van der Waals surface area contributed by atoms with E-state index in [1.807, 2.05) is 0 Å². The van der Waals surface area contributed by atoms with Gasteiger partial charge in [0.2, 0.25) is 11.8 Å². The lowest BCUT2D eigenvalue weighted by molar-refractivity contribution is -0.111. The molecule has 2 aromatic carbocycles. The Morgan fingerprint density at radius 2 is 2.00 bits per heavy atom. The van der Waals surface area contributed by atoms with Crippen molar-refractivity contribution < 1.29 is 19.1 Å². The zero-order chi connectivity index (χ0) is 18.7. The van der Waals surface area contributed by atoms with Crippen LogP contribution < -0.4 is 20.5 Å². The van der Waals surface area contributed by atoms with Crippen molar-refractivity contribution in [3.05, 3.63) is 58.1 Å². The number of rotatable bonds is 4. The number of primary amides is 1. The molecule has 0 radical (unpaired) electrons. The summed E-state index contributed by atoms with van der Waals surface area (Å²) in [5.41, 5.74) is 7.53. The lowest BCUT2D eigenvalue weighted by Crippen LogP contribution is -2.16. The molecule has 0 saturated heterocycles. The Hall–Kier alpha value is -2.99. The van der Waals surface area contributed by atoms with Crippen LogP contribution in [0.4, 0.5) is 5.69 Å². The number of fused-ring (bicyclic) bond motifs is 1. The second-order valence-electron chi connectivity index (χ2n) is 5.69. The van der Waals surface area contributed by atoms with E-state index in [0.717, 1.165) is 0 Å². The summed E-state index contributed by atoms with van der Waals surface area (Å²) in [6, 6.07) is 8.42. The number of nitrogens with one attached hydrogen (secondary N) is 1.